The molecule has 2 N–H and O–H groups in total. The van der Waals surface area contributed by atoms with E-state index in [0.29, 0.717) is 5.92 Å². The van der Waals surface area contributed by atoms with Crippen molar-refractivity contribution in [1.29, 1.82) is 0 Å². The van der Waals surface area contributed by atoms with E-state index in [2.05, 4.69) is 51.7 Å². The second kappa shape index (κ2) is 8.17. The highest BCUT2D eigenvalue weighted by Gasteiger charge is 2.01. The first-order valence-electron chi connectivity index (χ1n) is 7.57. The SMILES string of the molecule is CN=C(NCCC(C)C)NCc1ccc(-n2cncn2)cc1. The quantitative estimate of drug-likeness (QED) is 0.632. The maximum Gasteiger partial charge on any atom is 0.191 e. The first kappa shape index (κ1) is 16.0. The van der Waals surface area contributed by atoms with E-state index in [1.807, 2.05) is 12.1 Å². The molecule has 2 aromatic rings. The molecular formula is C16H24N6. The third-order valence-electron chi connectivity index (χ3n) is 3.32. The van der Waals surface area contributed by atoms with Gasteiger partial charge in [0.25, 0.3) is 0 Å². The van der Waals surface area contributed by atoms with Crippen molar-refractivity contribution < 1.29 is 0 Å². The fourth-order valence-electron chi connectivity index (χ4n) is 1.99. The molecule has 1 aromatic carbocycles. The minimum absolute atomic E-state index is 0.690. The molecule has 0 amide bonds. The maximum absolute atomic E-state index is 4.23. The molecule has 0 unspecified atom stereocenters. The lowest BCUT2D eigenvalue weighted by atomic mass is 10.1. The van der Waals surface area contributed by atoms with Crippen LogP contribution < -0.4 is 10.6 Å². The molecular weight excluding hydrogens is 276 g/mol. The van der Waals surface area contributed by atoms with Gasteiger partial charge in [-0.05, 0) is 30.0 Å². The third-order valence-corrected chi connectivity index (χ3v) is 3.32. The molecule has 22 heavy (non-hydrogen) atoms. The molecule has 0 spiro atoms. The lowest BCUT2D eigenvalue weighted by Crippen LogP contribution is -2.37. The van der Waals surface area contributed by atoms with Crippen LogP contribution in [0, 0.1) is 5.92 Å². The summed E-state index contributed by atoms with van der Waals surface area (Å²) in [6.45, 7) is 6.10. The van der Waals surface area contributed by atoms with Crippen molar-refractivity contribution in [2.45, 2.75) is 26.8 Å². The summed E-state index contributed by atoms with van der Waals surface area (Å²) in [5.74, 6) is 1.52. The van der Waals surface area contributed by atoms with Crippen LogP contribution in [0.25, 0.3) is 5.69 Å². The number of guanidine groups is 1. The fraction of sp³-hybridized carbons (Fsp3) is 0.438. The van der Waals surface area contributed by atoms with Gasteiger partial charge in [0.1, 0.15) is 12.7 Å². The monoisotopic (exact) mass is 300 g/mol. The number of hydrogen-bond donors (Lipinski definition) is 2. The third kappa shape index (κ3) is 4.87. The van der Waals surface area contributed by atoms with Crippen LogP contribution in [-0.2, 0) is 6.54 Å². The van der Waals surface area contributed by atoms with Gasteiger partial charge in [0.15, 0.2) is 5.96 Å². The minimum Gasteiger partial charge on any atom is -0.356 e. The van der Waals surface area contributed by atoms with Gasteiger partial charge in [-0.1, -0.05) is 26.0 Å². The van der Waals surface area contributed by atoms with Gasteiger partial charge >= 0.3 is 0 Å². The highest BCUT2D eigenvalue weighted by molar-refractivity contribution is 5.79. The highest BCUT2D eigenvalue weighted by Crippen LogP contribution is 2.07. The zero-order valence-electron chi connectivity index (χ0n) is 13.5. The van der Waals surface area contributed by atoms with E-state index in [0.717, 1.165) is 31.2 Å². The second-order valence-corrected chi connectivity index (χ2v) is 5.54. The van der Waals surface area contributed by atoms with E-state index < -0.39 is 0 Å². The molecule has 0 saturated carbocycles. The number of hydrogen-bond acceptors (Lipinski definition) is 3. The van der Waals surface area contributed by atoms with Gasteiger partial charge in [0.2, 0.25) is 0 Å². The largest absolute Gasteiger partial charge is 0.356 e. The Kier molecular flexibility index (Phi) is 5.94. The molecule has 0 aliphatic carbocycles. The van der Waals surface area contributed by atoms with E-state index in [4.69, 9.17) is 0 Å². The van der Waals surface area contributed by atoms with Crippen LogP contribution in [0.15, 0.2) is 41.9 Å². The van der Waals surface area contributed by atoms with Gasteiger partial charge in [0, 0.05) is 20.1 Å². The van der Waals surface area contributed by atoms with Gasteiger partial charge in [-0.2, -0.15) is 5.10 Å². The Bertz CT molecular complexity index is 571. The van der Waals surface area contributed by atoms with Gasteiger partial charge in [-0.25, -0.2) is 9.67 Å². The summed E-state index contributed by atoms with van der Waals surface area (Å²) in [7, 11) is 1.79. The Morgan fingerprint density at radius 2 is 2.00 bits per heavy atom. The van der Waals surface area contributed by atoms with Crippen LogP contribution in [0.2, 0.25) is 0 Å². The average molecular weight is 300 g/mol. The lowest BCUT2D eigenvalue weighted by molar-refractivity contribution is 0.573. The minimum atomic E-state index is 0.690. The number of nitrogens with one attached hydrogen (secondary N) is 2. The Balaban J connectivity index is 1.83. The van der Waals surface area contributed by atoms with Crippen LogP contribution in [0.1, 0.15) is 25.8 Å². The zero-order valence-corrected chi connectivity index (χ0v) is 13.5. The number of aromatic nitrogens is 3. The smallest absolute Gasteiger partial charge is 0.191 e. The van der Waals surface area contributed by atoms with Crippen molar-refractivity contribution in [2.24, 2.45) is 10.9 Å². The molecule has 0 aliphatic rings. The van der Waals surface area contributed by atoms with Crippen molar-refractivity contribution in [3.8, 4) is 5.69 Å². The molecule has 0 bridgehead atoms. The standard InChI is InChI=1S/C16H24N6/c1-13(2)8-9-19-16(17-3)20-10-14-4-6-15(7-5-14)22-12-18-11-21-22/h4-7,11-13H,8-10H2,1-3H3,(H2,17,19,20). The molecule has 6 nitrogen and oxygen atoms in total. The number of rotatable bonds is 6. The van der Waals surface area contributed by atoms with Crippen LogP contribution in [-0.4, -0.2) is 34.3 Å². The predicted molar refractivity (Wildman–Crippen MR) is 89.0 cm³/mol. The van der Waals surface area contributed by atoms with Crippen molar-refractivity contribution in [2.75, 3.05) is 13.6 Å². The molecule has 1 aromatic heterocycles. The summed E-state index contributed by atoms with van der Waals surface area (Å²) in [6.07, 6.45) is 4.35. The number of nitrogens with zero attached hydrogens (tertiary/aromatic N) is 4. The van der Waals surface area contributed by atoms with Crippen molar-refractivity contribution in [3.05, 3.63) is 42.5 Å². The van der Waals surface area contributed by atoms with Crippen molar-refractivity contribution >= 4 is 5.96 Å². The summed E-state index contributed by atoms with van der Waals surface area (Å²) in [6, 6.07) is 8.21. The molecule has 0 radical (unpaired) electrons. The first-order chi connectivity index (χ1) is 10.7. The van der Waals surface area contributed by atoms with Gasteiger partial charge < -0.3 is 10.6 Å². The van der Waals surface area contributed by atoms with Gasteiger partial charge in [-0.15, -0.1) is 0 Å². The van der Waals surface area contributed by atoms with Crippen LogP contribution in [0.5, 0.6) is 0 Å². The molecule has 6 heteroatoms. The number of aliphatic imine (C=N–C) groups is 1. The van der Waals surface area contributed by atoms with Gasteiger partial charge in [0.05, 0.1) is 5.69 Å². The van der Waals surface area contributed by atoms with Crippen molar-refractivity contribution in [1.82, 2.24) is 25.4 Å². The Hall–Kier alpha value is -2.37. The van der Waals surface area contributed by atoms with E-state index in [1.165, 1.54) is 11.9 Å². The fourth-order valence-corrected chi connectivity index (χ4v) is 1.99. The first-order valence-corrected chi connectivity index (χ1v) is 7.57. The van der Waals surface area contributed by atoms with E-state index in [9.17, 15) is 0 Å². The molecule has 0 aliphatic heterocycles. The molecule has 0 fully saturated rings. The topological polar surface area (TPSA) is 67.1 Å². The molecule has 118 valence electrons. The Morgan fingerprint density at radius 1 is 1.23 bits per heavy atom. The van der Waals surface area contributed by atoms with Crippen LogP contribution in [0.3, 0.4) is 0 Å². The molecule has 2 rings (SSSR count). The summed E-state index contributed by atoms with van der Waals surface area (Å²) in [5.41, 5.74) is 2.19. The summed E-state index contributed by atoms with van der Waals surface area (Å²) >= 11 is 0. The zero-order chi connectivity index (χ0) is 15.8. The van der Waals surface area contributed by atoms with E-state index >= 15 is 0 Å². The molecule has 0 atom stereocenters. The number of benzene rings is 1. The van der Waals surface area contributed by atoms with Crippen LogP contribution in [0.4, 0.5) is 0 Å². The second-order valence-electron chi connectivity index (χ2n) is 5.54. The highest BCUT2D eigenvalue weighted by atomic mass is 15.3. The summed E-state index contributed by atoms with van der Waals surface area (Å²) in [4.78, 5) is 8.18. The maximum atomic E-state index is 4.23. The summed E-state index contributed by atoms with van der Waals surface area (Å²) < 4.78 is 1.74. The lowest BCUT2D eigenvalue weighted by Gasteiger charge is -2.13. The molecule has 0 saturated heterocycles. The molecule has 1 heterocycles. The van der Waals surface area contributed by atoms with Crippen LogP contribution >= 0.6 is 0 Å². The Labute approximate surface area is 131 Å². The average Bonchev–Trinajstić information content (AvgIpc) is 3.05. The Morgan fingerprint density at radius 3 is 2.59 bits per heavy atom. The summed E-state index contributed by atoms with van der Waals surface area (Å²) in [5, 5.41) is 10.8. The van der Waals surface area contributed by atoms with Gasteiger partial charge in [-0.3, -0.25) is 4.99 Å². The van der Waals surface area contributed by atoms with Crippen molar-refractivity contribution in [3.63, 3.8) is 0 Å². The van der Waals surface area contributed by atoms with E-state index in [-0.39, 0.29) is 0 Å². The predicted octanol–water partition coefficient (Wildman–Crippen LogP) is 1.98. The normalized spacial score (nSPS) is 11.7. The van der Waals surface area contributed by atoms with E-state index in [1.54, 1.807) is 18.1 Å².